The fourth-order valence-corrected chi connectivity index (χ4v) is 2.29. The Morgan fingerprint density at radius 3 is 2.36 bits per heavy atom. The Kier molecular flexibility index (Phi) is 2.73. The van der Waals surface area contributed by atoms with Crippen LogP contribution in [0, 0.1) is 0 Å². The summed E-state index contributed by atoms with van der Waals surface area (Å²) < 4.78 is 0. The van der Waals surface area contributed by atoms with Crippen LogP contribution in [0.2, 0.25) is 0 Å². The van der Waals surface area contributed by atoms with Crippen LogP contribution in [0.5, 0.6) is 5.75 Å². The molecule has 0 amide bonds. The average molecular weight is 191 g/mol. The number of phenolic OH excluding ortho intramolecular Hbond substituents is 1. The van der Waals surface area contributed by atoms with E-state index in [1.54, 1.807) is 12.1 Å². The summed E-state index contributed by atoms with van der Waals surface area (Å²) in [5.41, 5.74) is 7.36. The molecule has 3 N–H and O–H groups in total. The zero-order valence-electron chi connectivity index (χ0n) is 8.32. The van der Waals surface area contributed by atoms with E-state index in [4.69, 9.17) is 5.73 Å². The fourth-order valence-electron chi connectivity index (χ4n) is 2.29. The Labute approximate surface area is 84.7 Å². The molecule has 14 heavy (non-hydrogen) atoms. The molecule has 0 radical (unpaired) electrons. The lowest BCUT2D eigenvalue weighted by atomic mass is 9.80. The molecule has 0 bridgehead atoms. The first-order chi connectivity index (χ1) is 6.77. The van der Waals surface area contributed by atoms with Gasteiger partial charge in [0.1, 0.15) is 5.75 Å². The van der Waals surface area contributed by atoms with E-state index < -0.39 is 0 Å². The highest BCUT2D eigenvalue weighted by Crippen LogP contribution is 2.32. The molecule has 0 heterocycles. The van der Waals surface area contributed by atoms with E-state index in [1.165, 1.54) is 24.8 Å². The maximum atomic E-state index is 9.19. The van der Waals surface area contributed by atoms with Crippen LogP contribution in [-0.2, 0) is 0 Å². The third-order valence-electron chi connectivity index (χ3n) is 3.14. The molecule has 0 unspecified atom stereocenters. The highest BCUT2D eigenvalue weighted by molar-refractivity contribution is 5.29. The molecule has 2 rings (SSSR count). The Balaban J connectivity index is 2.16. The second-order valence-corrected chi connectivity index (χ2v) is 4.15. The zero-order valence-corrected chi connectivity index (χ0v) is 8.32. The summed E-state index contributed by atoms with van der Waals surface area (Å²) in [6.45, 7) is 0. The molecule has 1 saturated carbocycles. The molecule has 76 valence electrons. The van der Waals surface area contributed by atoms with Crippen LogP contribution in [0.25, 0.3) is 0 Å². The number of nitrogens with two attached hydrogens (primary N) is 1. The summed E-state index contributed by atoms with van der Waals surface area (Å²) >= 11 is 0. The molecule has 1 aliphatic carbocycles. The van der Waals surface area contributed by atoms with E-state index in [0.717, 1.165) is 6.42 Å². The van der Waals surface area contributed by atoms with E-state index in [9.17, 15) is 5.11 Å². The zero-order chi connectivity index (χ0) is 9.97. The molecule has 0 saturated heterocycles. The van der Waals surface area contributed by atoms with Crippen molar-refractivity contribution in [1.82, 2.24) is 0 Å². The highest BCUT2D eigenvalue weighted by atomic mass is 16.3. The number of hydrogen-bond donors (Lipinski definition) is 2. The van der Waals surface area contributed by atoms with Crippen LogP contribution in [-0.4, -0.2) is 11.1 Å². The van der Waals surface area contributed by atoms with Crippen molar-refractivity contribution >= 4 is 0 Å². The second-order valence-electron chi connectivity index (χ2n) is 4.15. The van der Waals surface area contributed by atoms with Gasteiger partial charge >= 0.3 is 0 Å². The van der Waals surface area contributed by atoms with Gasteiger partial charge in [0.05, 0.1) is 0 Å². The van der Waals surface area contributed by atoms with Crippen LogP contribution in [0.15, 0.2) is 24.3 Å². The minimum Gasteiger partial charge on any atom is -0.508 e. The summed E-state index contributed by atoms with van der Waals surface area (Å²) in [4.78, 5) is 0. The third kappa shape index (κ3) is 1.90. The number of benzene rings is 1. The second kappa shape index (κ2) is 4.01. The monoisotopic (exact) mass is 191 g/mol. The smallest absolute Gasteiger partial charge is 0.115 e. The normalized spacial score (nSPS) is 27.5. The molecule has 0 aromatic heterocycles. The maximum Gasteiger partial charge on any atom is 0.115 e. The molecule has 2 heteroatoms. The Morgan fingerprint density at radius 1 is 1.07 bits per heavy atom. The van der Waals surface area contributed by atoms with Gasteiger partial charge in [-0.25, -0.2) is 0 Å². The predicted molar refractivity (Wildman–Crippen MR) is 57.3 cm³/mol. The van der Waals surface area contributed by atoms with E-state index in [2.05, 4.69) is 0 Å². The van der Waals surface area contributed by atoms with Crippen molar-refractivity contribution in [2.24, 2.45) is 5.73 Å². The molecule has 1 aromatic rings. The van der Waals surface area contributed by atoms with E-state index in [-0.39, 0.29) is 0 Å². The lowest BCUT2D eigenvalue weighted by molar-refractivity contribution is 0.385. The standard InChI is InChI=1S/C12H17NO/c13-12-4-2-1-3-11(12)9-5-7-10(14)8-6-9/h5-8,11-12,14H,1-4,13H2/t11-,12-/m0/s1. The molecule has 0 spiro atoms. The maximum absolute atomic E-state index is 9.19. The van der Waals surface area contributed by atoms with Crippen LogP contribution < -0.4 is 5.73 Å². The van der Waals surface area contributed by atoms with Crippen LogP contribution in [0.4, 0.5) is 0 Å². The molecule has 1 aromatic carbocycles. The van der Waals surface area contributed by atoms with Crippen molar-refractivity contribution in [2.45, 2.75) is 37.6 Å². The van der Waals surface area contributed by atoms with Gasteiger partial charge < -0.3 is 10.8 Å². The highest BCUT2D eigenvalue weighted by Gasteiger charge is 2.22. The lowest BCUT2D eigenvalue weighted by Crippen LogP contribution is -2.31. The van der Waals surface area contributed by atoms with E-state index in [0.29, 0.717) is 17.7 Å². The average Bonchev–Trinajstić information content (AvgIpc) is 2.20. The van der Waals surface area contributed by atoms with E-state index >= 15 is 0 Å². The van der Waals surface area contributed by atoms with Gasteiger partial charge in [-0.1, -0.05) is 25.0 Å². The van der Waals surface area contributed by atoms with E-state index in [1.807, 2.05) is 12.1 Å². The van der Waals surface area contributed by atoms with Crippen LogP contribution in [0.3, 0.4) is 0 Å². The van der Waals surface area contributed by atoms with Gasteiger partial charge in [-0.15, -0.1) is 0 Å². The number of rotatable bonds is 1. The summed E-state index contributed by atoms with van der Waals surface area (Å²) in [5.74, 6) is 0.822. The van der Waals surface area contributed by atoms with Gasteiger partial charge in [0.25, 0.3) is 0 Å². The summed E-state index contributed by atoms with van der Waals surface area (Å²) in [6, 6.07) is 7.78. The number of phenols is 1. The first-order valence-electron chi connectivity index (χ1n) is 5.32. The Morgan fingerprint density at radius 2 is 1.71 bits per heavy atom. The van der Waals surface area contributed by atoms with Crippen molar-refractivity contribution in [3.8, 4) is 5.75 Å². The molecule has 1 aliphatic rings. The first-order valence-corrected chi connectivity index (χ1v) is 5.32. The van der Waals surface area contributed by atoms with Gasteiger partial charge in [0, 0.05) is 6.04 Å². The van der Waals surface area contributed by atoms with Gasteiger partial charge in [-0.05, 0) is 36.5 Å². The fraction of sp³-hybridized carbons (Fsp3) is 0.500. The van der Waals surface area contributed by atoms with Crippen molar-refractivity contribution in [2.75, 3.05) is 0 Å². The van der Waals surface area contributed by atoms with Crippen LogP contribution in [0.1, 0.15) is 37.2 Å². The van der Waals surface area contributed by atoms with Crippen molar-refractivity contribution < 1.29 is 5.11 Å². The van der Waals surface area contributed by atoms with Gasteiger partial charge in [-0.2, -0.15) is 0 Å². The number of hydrogen-bond acceptors (Lipinski definition) is 2. The Hall–Kier alpha value is -1.02. The first kappa shape index (κ1) is 9.53. The molecular formula is C12H17NO. The summed E-state index contributed by atoms with van der Waals surface area (Å²) in [7, 11) is 0. The minimum absolute atomic E-state index is 0.299. The molecular weight excluding hydrogens is 174 g/mol. The lowest BCUT2D eigenvalue weighted by Gasteiger charge is -2.28. The molecule has 0 aliphatic heterocycles. The molecule has 2 atom stereocenters. The summed E-state index contributed by atoms with van der Waals surface area (Å²) in [6.07, 6.45) is 4.85. The molecule has 2 nitrogen and oxygen atoms in total. The van der Waals surface area contributed by atoms with Crippen molar-refractivity contribution in [1.29, 1.82) is 0 Å². The number of aromatic hydroxyl groups is 1. The largest absolute Gasteiger partial charge is 0.508 e. The third-order valence-corrected chi connectivity index (χ3v) is 3.14. The SMILES string of the molecule is N[C@H]1CCCC[C@H]1c1ccc(O)cc1. The van der Waals surface area contributed by atoms with Gasteiger partial charge in [0.15, 0.2) is 0 Å². The topological polar surface area (TPSA) is 46.2 Å². The van der Waals surface area contributed by atoms with Gasteiger partial charge in [-0.3, -0.25) is 0 Å². The summed E-state index contributed by atoms with van der Waals surface area (Å²) in [5, 5.41) is 9.19. The minimum atomic E-state index is 0.299. The van der Waals surface area contributed by atoms with Crippen molar-refractivity contribution in [3.05, 3.63) is 29.8 Å². The van der Waals surface area contributed by atoms with Gasteiger partial charge in [0.2, 0.25) is 0 Å². The Bertz CT molecular complexity index is 294. The predicted octanol–water partition coefficient (Wildman–Crippen LogP) is 2.38. The molecule has 1 fully saturated rings. The van der Waals surface area contributed by atoms with Crippen molar-refractivity contribution in [3.63, 3.8) is 0 Å². The van der Waals surface area contributed by atoms with Crippen LogP contribution >= 0.6 is 0 Å². The quantitative estimate of drug-likeness (QED) is 0.716.